The molecule has 0 saturated carbocycles. The number of aliphatic carboxylic acids is 1. The molecule has 8 nitrogen and oxygen atoms in total. The second-order valence-electron chi connectivity index (χ2n) is 8.82. The minimum absolute atomic E-state index is 0.120. The van der Waals surface area contributed by atoms with Gasteiger partial charge in [0, 0.05) is 6.54 Å². The highest BCUT2D eigenvalue weighted by atomic mass is 19.1. The lowest BCUT2D eigenvalue weighted by Gasteiger charge is -2.32. The van der Waals surface area contributed by atoms with E-state index in [1.54, 1.807) is 20.8 Å². The molecule has 0 fully saturated rings. The molecular formula is C25H31FN2O6. The van der Waals surface area contributed by atoms with Crippen LogP contribution in [0.1, 0.15) is 38.8 Å². The van der Waals surface area contributed by atoms with Crippen LogP contribution in [0.25, 0.3) is 0 Å². The maximum Gasteiger partial charge on any atom is 0.408 e. The van der Waals surface area contributed by atoms with E-state index < -0.39 is 41.5 Å². The molecule has 34 heavy (non-hydrogen) atoms. The third-order valence-corrected chi connectivity index (χ3v) is 4.70. The number of ether oxygens (including phenoxy) is 2. The maximum absolute atomic E-state index is 13.3. The Bertz CT molecular complexity index is 960. The molecule has 0 aromatic heterocycles. The number of halogens is 1. The van der Waals surface area contributed by atoms with Crippen LogP contribution in [0.3, 0.4) is 0 Å². The van der Waals surface area contributed by atoms with Crippen molar-refractivity contribution >= 4 is 18.0 Å². The second kappa shape index (κ2) is 12.1. The average Bonchev–Trinajstić information content (AvgIpc) is 2.75. The molecule has 2 atom stereocenters. The van der Waals surface area contributed by atoms with Gasteiger partial charge in [0.2, 0.25) is 5.91 Å². The number of hydrogen-bond acceptors (Lipinski definition) is 5. The standard InChI is InChI=1S/C25H31FN2O6/c1-17(27-24(32)34-25(2,3)4)22(29)28(14-18-10-12-20(26)13-11-18)21(23(30)31)16-33-15-19-8-6-5-7-9-19/h5-13,17,21H,14-16H2,1-4H3,(H,27,32)(H,30,31)/t17-,21+/m0/s1. The third kappa shape index (κ3) is 8.82. The topological polar surface area (TPSA) is 105 Å². The van der Waals surface area contributed by atoms with Crippen LogP contribution >= 0.6 is 0 Å². The number of amides is 2. The molecule has 0 spiro atoms. The summed E-state index contributed by atoms with van der Waals surface area (Å²) in [5.41, 5.74) is 0.603. The van der Waals surface area contributed by atoms with Crippen LogP contribution in [0.2, 0.25) is 0 Å². The number of benzene rings is 2. The van der Waals surface area contributed by atoms with E-state index in [0.717, 1.165) is 10.5 Å². The fraction of sp³-hybridized carbons (Fsp3) is 0.400. The Labute approximate surface area is 198 Å². The van der Waals surface area contributed by atoms with Gasteiger partial charge in [0.15, 0.2) is 6.04 Å². The molecule has 2 amide bonds. The van der Waals surface area contributed by atoms with E-state index >= 15 is 0 Å². The summed E-state index contributed by atoms with van der Waals surface area (Å²) in [4.78, 5) is 38.6. The molecule has 9 heteroatoms. The Morgan fingerprint density at radius 2 is 1.65 bits per heavy atom. The Balaban J connectivity index is 2.20. The first-order valence-corrected chi connectivity index (χ1v) is 10.8. The fourth-order valence-corrected chi connectivity index (χ4v) is 3.08. The van der Waals surface area contributed by atoms with Crippen LogP contribution in [-0.2, 0) is 32.2 Å². The normalized spacial score (nSPS) is 13.0. The summed E-state index contributed by atoms with van der Waals surface area (Å²) >= 11 is 0. The summed E-state index contributed by atoms with van der Waals surface area (Å²) in [6.45, 7) is 6.25. The number of carbonyl (C=O) groups is 3. The molecular weight excluding hydrogens is 443 g/mol. The number of alkyl carbamates (subject to hydrolysis) is 1. The van der Waals surface area contributed by atoms with E-state index in [9.17, 15) is 23.9 Å². The minimum atomic E-state index is -1.34. The average molecular weight is 475 g/mol. The number of carboxylic acid groups (broad SMARTS) is 1. The van der Waals surface area contributed by atoms with Gasteiger partial charge in [-0.2, -0.15) is 0 Å². The molecule has 184 valence electrons. The quantitative estimate of drug-likeness (QED) is 0.544. The van der Waals surface area contributed by atoms with Gasteiger partial charge in [-0.1, -0.05) is 42.5 Å². The van der Waals surface area contributed by atoms with E-state index in [-0.39, 0.29) is 19.8 Å². The second-order valence-corrected chi connectivity index (χ2v) is 8.82. The van der Waals surface area contributed by atoms with Crippen LogP contribution in [0.4, 0.5) is 9.18 Å². The van der Waals surface area contributed by atoms with Gasteiger partial charge in [0.1, 0.15) is 17.5 Å². The van der Waals surface area contributed by atoms with Crippen molar-refractivity contribution in [1.82, 2.24) is 10.2 Å². The van der Waals surface area contributed by atoms with Crippen molar-refractivity contribution in [2.75, 3.05) is 6.61 Å². The molecule has 0 heterocycles. The molecule has 2 aromatic carbocycles. The van der Waals surface area contributed by atoms with Gasteiger partial charge in [0.05, 0.1) is 13.2 Å². The van der Waals surface area contributed by atoms with Crippen molar-refractivity contribution in [3.63, 3.8) is 0 Å². The number of rotatable bonds is 10. The fourth-order valence-electron chi connectivity index (χ4n) is 3.08. The molecule has 0 radical (unpaired) electrons. The molecule has 0 aliphatic carbocycles. The van der Waals surface area contributed by atoms with Gasteiger partial charge in [-0.05, 0) is 51.0 Å². The summed E-state index contributed by atoms with van der Waals surface area (Å²) in [7, 11) is 0. The van der Waals surface area contributed by atoms with Crippen molar-refractivity contribution in [2.24, 2.45) is 0 Å². The van der Waals surface area contributed by atoms with E-state index in [1.165, 1.54) is 31.2 Å². The molecule has 0 saturated heterocycles. The Morgan fingerprint density at radius 1 is 1.03 bits per heavy atom. The van der Waals surface area contributed by atoms with E-state index in [0.29, 0.717) is 5.56 Å². The first kappa shape index (κ1) is 26.8. The first-order chi connectivity index (χ1) is 16.0. The molecule has 2 N–H and O–H groups in total. The van der Waals surface area contributed by atoms with Gasteiger partial charge in [0.25, 0.3) is 0 Å². The van der Waals surface area contributed by atoms with Gasteiger partial charge in [-0.25, -0.2) is 14.0 Å². The zero-order valence-electron chi connectivity index (χ0n) is 19.8. The highest BCUT2D eigenvalue weighted by Gasteiger charge is 2.34. The minimum Gasteiger partial charge on any atom is -0.480 e. The summed E-state index contributed by atoms with van der Waals surface area (Å²) < 4.78 is 24.1. The van der Waals surface area contributed by atoms with Crippen LogP contribution in [-0.4, -0.2) is 52.3 Å². The molecule has 0 aliphatic rings. The summed E-state index contributed by atoms with van der Waals surface area (Å²) in [5.74, 6) is -2.37. The van der Waals surface area contributed by atoms with Crippen molar-refractivity contribution in [1.29, 1.82) is 0 Å². The van der Waals surface area contributed by atoms with Crippen molar-refractivity contribution < 1.29 is 33.4 Å². The number of carboxylic acids is 1. The van der Waals surface area contributed by atoms with E-state index in [1.807, 2.05) is 30.3 Å². The van der Waals surface area contributed by atoms with Gasteiger partial charge >= 0.3 is 12.1 Å². The number of hydrogen-bond donors (Lipinski definition) is 2. The predicted octanol–water partition coefficient (Wildman–Crippen LogP) is 3.74. The smallest absolute Gasteiger partial charge is 0.408 e. The van der Waals surface area contributed by atoms with Crippen LogP contribution in [0, 0.1) is 5.82 Å². The molecule has 0 aliphatic heterocycles. The zero-order valence-corrected chi connectivity index (χ0v) is 19.8. The van der Waals surface area contributed by atoms with Crippen molar-refractivity contribution in [2.45, 2.75) is 58.5 Å². The molecule has 0 bridgehead atoms. The summed E-state index contributed by atoms with van der Waals surface area (Å²) in [6, 6.07) is 12.2. The van der Waals surface area contributed by atoms with Crippen LogP contribution in [0.5, 0.6) is 0 Å². The van der Waals surface area contributed by atoms with Crippen LogP contribution in [0.15, 0.2) is 54.6 Å². The number of nitrogens with one attached hydrogen (secondary N) is 1. The predicted molar refractivity (Wildman–Crippen MR) is 123 cm³/mol. The lowest BCUT2D eigenvalue weighted by atomic mass is 10.1. The Kier molecular flexibility index (Phi) is 9.56. The van der Waals surface area contributed by atoms with Crippen molar-refractivity contribution in [3.05, 3.63) is 71.5 Å². The maximum atomic E-state index is 13.3. The number of nitrogens with zero attached hydrogens (tertiary/aromatic N) is 1. The van der Waals surface area contributed by atoms with Gasteiger partial charge in [-0.3, -0.25) is 4.79 Å². The largest absolute Gasteiger partial charge is 0.480 e. The van der Waals surface area contributed by atoms with E-state index in [4.69, 9.17) is 9.47 Å². The first-order valence-electron chi connectivity index (χ1n) is 10.8. The monoisotopic (exact) mass is 474 g/mol. The Morgan fingerprint density at radius 3 is 2.21 bits per heavy atom. The summed E-state index contributed by atoms with van der Waals surface area (Å²) in [6.07, 6.45) is -0.803. The molecule has 2 rings (SSSR count). The third-order valence-electron chi connectivity index (χ3n) is 4.70. The SMILES string of the molecule is C[C@H](NC(=O)OC(C)(C)C)C(=O)N(Cc1ccc(F)cc1)[C@H](COCc1ccccc1)C(=O)O. The number of carbonyl (C=O) groups excluding carboxylic acids is 2. The van der Waals surface area contributed by atoms with Gasteiger partial charge in [-0.15, -0.1) is 0 Å². The summed E-state index contributed by atoms with van der Waals surface area (Å²) in [5, 5.41) is 12.3. The van der Waals surface area contributed by atoms with E-state index in [2.05, 4.69) is 5.32 Å². The lowest BCUT2D eigenvalue weighted by molar-refractivity contribution is -0.154. The highest BCUT2D eigenvalue weighted by molar-refractivity contribution is 5.89. The molecule has 0 unspecified atom stereocenters. The van der Waals surface area contributed by atoms with Crippen molar-refractivity contribution in [3.8, 4) is 0 Å². The highest BCUT2D eigenvalue weighted by Crippen LogP contribution is 2.14. The van der Waals surface area contributed by atoms with Gasteiger partial charge < -0.3 is 24.8 Å². The lowest BCUT2D eigenvalue weighted by Crippen LogP contribution is -2.54. The zero-order chi connectivity index (χ0) is 25.3. The molecule has 2 aromatic rings. The van der Waals surface area contributed by atoms with Crippen LogP contribution < -0.4 is 5.32 Å². The Hall–Kier alpha value is -3.46.